The van der Waals surface area contributed by atoms with Crippen LogP contribution in [0.5, 0.6) is 5.75 Å². The second-order valence-corrected chi connectivity index (χ2v) is 6.28. The van der Waals surface area contributed by atoms with Gasteiger partial charge in [-0.05, 0) is 44.1 Å². The molecule has 0 heterocycles. The number of halogens is 1. The zero-order valence-electron chi connectivity index (χ0n) is 13.4. The lowest BCUT2D eigenvalue weighted by molar-refractivity contribution is 0.0761. The van der Waals surface area contributed by atoms with Gasteiger partial charge in [0.1, 0.15) is 5.75 Å². The SMILES string of the molecule is CCN(CC)C1(C(N)c2cc(Cl)ccc2OC)CCCC1. The maximum absolute atomic E-state index is 6.75. The van der Waals surface area contributed by atoms with Crippen molar-refractivity contribution in [2.24, 2.45) is 5.73 Å². The van der Waals surface area contributed by atoms with Gasteiger partial charge in [-0.3, -0.25) is 4.90 Å². The highest BCUT2D eigenvalue weighted by Gasteiger charge is 2.44. The topological polar surface area (TPSA) is 38.5 Å². The van der Waals surface area contributed by atoms with Crippen LogP contribution in [0.25, 0.3) is 0 Å². The smallest absolute Gasteiger partial charge is 0.123 e. The molecule has 0 amide bonds. The Hall–Kier alpha value is -0.770. The van der Waals surface area contributed by atoms with E-state index in [4.69, 9.17) is 22.1 Å². The molecule has 0 aromatic heterocycles. The van der Waals surface area contributed by atoms with E-state index in [2.05, 4.69) is 18.7 Å². The minimum absolute atomic E-state index is 0.0292. The first kappa shape index (κ1) is 16.6. The fraction of sp³-hybridized carbons (Fsp3) is 0.647. The average molecular weight is 311 g/mol. The summed E-state index contributed by atoms with van der Waals surface area (Å²) >= 11 is 6.19. The fourth-order valence-electron chi connectivity index (χ4n) is 3.90. The molecule has 1 aromatic rings. The van der Waals surface area contributed by atoms with E-state index in [9.17, 15) is 0 Å². The molecule has 3 nitrogen and oxygen atoms in total. The van der Waals surface area contributed by atoms with Gasteiger partial charge in [-0.1, -0.05) is 38.3 Å². The van der Waals surface area contributed by atoms with Gasteiger partial charge in [-0.25, -0.2) is 0 Å². The van der Waals surface area contributed by atoms with Gasteiger partial charge >= 0.3 is 0 Å². The van der Waals surface area contributed by atoms with Gasteiger partial charge in [0, 0.05) is 16.1 Å². The summed E-state index contributed by atoms with van der Waals surface area (Å²) in [5.74, 6) is 0.838. The number of likely N-dealkylation sites (N-methyl/N-ethyl adjacent to an activating group) is 1. The molecule has 118 valence electrons. The third-order valence-corrected chi connectivity index (χ3v) is 5.20. The van der Waals surface area contributed by atoms with Crippen molar-refractivity contribution in [1.82, 2.24) is 4.90 Å². The number of rotatable bonds is 6. The molecule has 1 unspecified atom stereocenters. The van der Waals surface area contributed by atoms with E-state index >= 15 is 0 Å². The molecule has 0 spiro atoms. The first-order valence-corrected chi connectivity index (χ1v) is 8.31. The van der Waals surface area contributed by atoms with Gasteiger partial charge in [0.15, 0.2) is 0 Å². The van der Waals surface area contributed by atoms with Crippen LogP contribution in [-0.4, -0.2) is 30.6 Å². The lowest BCUT2D eigenvalue weighted by Crippen LogP contribution is -2.53. The quantitative estimate of drug-likeness (QED) is 0.863. The summed E-state index contributed by atoms with van der Waals surface area (Å²) in [7, 11) is 1.69. The summed E-state index contributed by atoms with van der Waals surface area (Å²) in [6.07, 6.45) is 4.77. The van der Waals surface area contributed by atoms with Crippen molar-refractivity contribution < 1.29 is 4.74 Å². The Morgan fingerprint density at radius 3 is 2.43 bits per heavy atom. The summed E-state index contributed by atoms with van der Waals surface area (Å²) in [5, 5.41) is 0.717. The Morgan fingerprint density at radius 1 is 1.29 bits per heavy atom. The second kappa shape index (κ2) is 6.99. The number of nitrogens with two attached hydrogens (primary N) is 1. The van der Waals surface area contributed by atoms with E-state index < -0.39 is 0 Å². The summed E-state index contributed by atoms with van der Waals surface area (Å²) in [5.41, 5.74) is 7.81. The Balaban J connectivity index is 2.43. The normalized spacial score (nSPS) is 19.0. The van der Waals surface area contributed by atoms with Gasteiger partial charge in [0.2, 0.25) is 0 Å². The van der Waals surface area contributed by atoms with Crippen molar-refractivity contribution in [3.05, 3.63) is 28.8 Å². The highest BCUT2D eigenvalue weighted by Crippen LogP contribution is 2.45. The second-order valence-electron chi connectivity index (χ2n) is 5.85. The molecule has 2 rings (SSSR count). The minimum atomic E-state index is -0.0754. The molecule has 0 saturated heterocycles. The van der Waals surface area contributed by atoms with Crippen LogP contribution in [0.4, 0.5) is 0 Å². The summed E-state index contributed by atoms with van der Waals surface area (Å²) in [4.78, 5) is 2.52. The number of methoxy groups -OCH3 is 1. The molecule has 0 bridgehead atoms. The van der Waals surface area contributed by atoms with Gasteiger partial charge in [0.05, 0.1) is 13.2 Å². The van der Waals surface area contributed by atoms with Crippen LogP contribution in [0, 0.1) is 0 Å². The zero-order valence-corrected chi connectivity index (χ0v) is 14.1. The number of ether oxygens (including phenoxy) is 1. The molecule has 4 heteroatoms. The molecule has 0 radical (unpaired) electrons. The Bertz CT molecular complexity index is 468. The van der Waals surface area contributed by atoms with E-state index in [0.717, 1.165) is 37.2 Å². The van der Waals surface area contributed by atoms with Crippen molar-refractivity contribution in [3.63, 3.8) is 0 Å². The van der Waals surface area contributed by atoms with Crippen LogP contribution in [0.1, 0.15) is 51.1 Å². The van der Waals surface area contributed by atoms with Crippen LogP contribution in [0.2, 0.25) is 5.02 Å². The third-order valence-electron chi connectivity index (χ3n) is 4.97. The van der Waals surface area contributed by atoms with Crippen molar-refractivity contribution in [3.8, 4) is 5.75 Å². The number of nitrogens with zero attached hydrogens (tertiary/aromatic N) is 1. The summed E-state index contributed by atoms with van der Waals surface area (Å²) in [6.45, 7) is 6.47. The lowest BCUT2D eigenvalue weighted by Gasteiger charge is -2.45. The molecule has 1 fully saturated rings. The maximum Gasteiger partial charge on any atom is 0.123 e. The lowest BCUT2D eigenvalue weighted by atomic mass is 9.82. The van der Waals surface area contributed by atoms with Gasteiger partial charge < -0.3 is 10.5 Å². The Kier molecular flexibility index (Phi) is 5.53. The van der Waals surface area contributed by atoms with Crippen molar-refractivity contribution >= 4 is 11.6 Å². The van der Waals surface area contributed by atoms with Crippen LogP contribution in [0.15, 0.2) is 18.2 Å². The minimum Gasteiger partial charge on any atom is -0.496 e. The zero-order chi connectivity index (χ0) is 15.5. The first-order valence-electron chi connectivity index (χ1n) is 7.93. The molecule has 1 atom stereocenters. The highest BCUT2D eigenvalue weighted by molar-refractivity contribution is 6.30. The molecule has 1 saturated carbocycles. The van der Waals surface area contributed by atoms with Gasteiger partial charge in [-0.15, -0.1) is 0 Å². The number of benzene rings is 1. The van der Waals surface area contributed by atoms with Gasteiger partial charge in [0.25, 0.3) is 0 Å². The molecule has 1 aliphatic rings. The molecule has 0 aliphatic heterocycles. The molecule has 21 heavy (non-hydrogen) atoms. The van der Waals surface area contributed by atoms with Gasteiger partial charge in [-0.2, -0.15) is 0 Å². The first-order chi connectivity index (χ1) is 10.1. The summed E-state index contributed by atoms with van der Waals surface area (Å²) in [6, 6.07) is 5.67. The average Bonchev–Trinajstić information content (AvgIpc) is 2.98. The van der Waals surface area contributed by atoms with Crippen LogP contribution < -0.4 is 10.5 Å². The molecule has 1 aliphatic carbocycles. The number of hydrogen-bond acceptors (Lipinski definition) is 3. The predicted molar refractivity (Wildman–Crippen MR) is 89.1 cm³/mol. The monoisotopic (exact) mass is 310 g/mol. The van der Waals surface area contributed by atoms with E-state index in [1.54, 1.807) is 7.11 Å². The standard InChI is InChI=1S/C17H27ClN2O/c1-4-20(5-2)17(10-6-7-11-17)16(19)14-12-13(18)8-9-15(14)21-3/h8-9,12,16H,4-7,10-11,19H2,1-3H3. The summed E-state index contributed by atoms with van der Waals surface area (Å²) < 4.78 is 5.52. The van der Waals surface area contributed by atoms with Crippen molar-refractivity contribution in [1.29, 1.82) is 0 Å². The number of hydrogen-bond donors (Lipinski definition) is 1. The highest BCUT2D eigenvalue weighted by atomic mass is 35.5. The molecule has 1 aromatic carbocycles. The van der Waals surface area contributed by atoms with E-state index in [-0.39, 0.29) is 11.6 Å². The van der Waals surface area contributed by atoms with E-state index in [1.165, 1.54) is 12.8 Å². The van der Waals surface area contributed by atoms with Crippen LogP contribution >= 0.6 is 11.6 Å². The van der Waals surface area contributed by atoms with Crippen molar-refractivity contribution in [2.75, 3.05) is 20.2 Å². The van der Waals surface area contributed by atoms with Crippen LogP contribution in [0.3, 0.4) is 0 Å². The molecular weight excluding hydrogens is 284 g/mol. The van der Waals surface area contributed by atoms with Crippen molar-refractivity contribution in [2.45, 2.75) is 51.1 Å². The van der Waals surface area contributed by atoms with E-state index in [0.29, 0.717) is 5.02 Å². The largest absolute Gasteiger partial charge is 0.496 e. The Labute approximate surface area is 133 Å². The molecular formula is C17H27ClN2O. The van der Waals surface area contributed by atoms with E-state index in [1.807, 2.05) is 18.2 Å². The van der Waals surface area contributed by atoms with Crippen LogP contribution in [-0.2, 0) is 0 Å². The predicted octanol–water partition coefficient (Wildman–Crippen LogP) is 4.00. The molecule has 2 N–H and O–H groups in total. The maximum atomic E-state index is 6.75. The third kappa shape index (κ3) is 3.05. The Morgan fingerprint density at radius 2 is 1.90 bits per heavy atom. The fourth-order valence-corrected chi connectivity index (χ4v) is 4.08.